The third kappa shape index (κ3) is 10.7. The van der Waals surface area contributed by atoms with E-state index in [9.17, 15) is 26.3 Å². The van der Waals surface area contributed by atoms with Gasteiger partial charge in [-0.1, -0.05) is 57.8 Å². The largest absolute Gasteiger partial charge is 0.493 e. The molecule has 0 aliphatic rings. The topological polar surface area (TPSA) is 98.0 Å². The van der Waals surface area contributed by atoms with Crippen molar-refractivity contribution in [3.63, 3.8) is 0 Å². The van der Waals surface area contributed by atoms with Crippen LogP contribution in [0.3, 0.4) is 0 Å². The zero-order chi connectivity index (χ0) is 31.5. The van der Waals surface area contributed by atoms with E-state index in [0.29, 0.717) is 30.1 Å². The van der Waals surface area contributed by atoms with E-state index in [2.05, 4.69) is 17.1 Å². The highest BCUT2D eigenvalue weighted by atomic mass is 19.4. The number of unbranched alkanes of at least 4 members (excludes halogenated alkanes) is 1. The van der Waals surface area contributed by atoms with Crippen molar-refractivity contribution in [2.75, 3.05) is 6.61 Å². The molecule has 0 amide bonds. The van der Waals surface area contributed by atoms with Crippen molar-refractivity contribution < 1.29 is 35.6 Å². The molecular formula is C30H38F6N4O2. The summed E-state index contributed by atoms with van der Waals surface area (Å²) in [5, 5.41) is 10.7. The third-order valence-electron chi connectivity index (χ3n) is 6.69. The van der Waals surface area contributed by atoms with Crippen molar-refractivity contribution in [3.8, 4) is 17.1 Å². The Balaban J connectivity index is 0.000000782. The number of halogens is 6. The van der Waals surface area contributed by atoms with Gasteiger partial charge in [-0.05, 0) is 61.6 Å². The molecule has 0 saturated heterocycles. The number of aromatic nitrogens is 2. The summed E-state index contributed by atoms with van der Waals surface area (Å²) in [5.41, 5.74) is 4.21. The van der Waals surface area contributed by atoms with E-state index in [1.54, 1.807) is 0 Å². The lowest BCUT2D eigenvalue weighted by Crippen LogP contribution is -2.18. The zero-order valence-electron chi connectivity index (χ0n) is 24.2. The van der Waals surface area contributed by atoms with E-state index in [0.717, 1.165) is 43.9 Å². The van der Waals surface area contributed by atoms with Gasteiger partial charge in [0.2, 0.25) is 11.7 Å². The van der Waals surface area contributed by atoms with Gasteiger partial charge in [0, 0.05) is 17.4 Å². The first-order valence-corrected chi connectivity index (χ1v) is 13.8. The first-order valence-electron chi connectivity index (χ1n) is 13.8. The standard InChI is InChI=1S/C25H26F6N2O2.C5H12N2/c1-3-4-6-16(2)23-32-22(33-35-23)18-10-13-21(20(15-18)25(29,30)31)34-14-5-7-17-8-11-19(12-9-17)24(26,27)28;1-3-4(2)5(6)7/h8-13,15-16H,3-7,14H2,1-2H3;4H,3H2,1-2H3,(H3,6,7). The maximum atomic E-state index is 13.7. The van der Waals surface area contributed by atoms with Crippen molar-refractivity contribution in [2.24, 2.45) is 11.7 Å². The van der Waals surface area contributed by atoms with Crippen LogP contribution in [0.25, 0.3) is 11.4 Å². The van der Waals surface area contributed by atoms with Gasteiger partial charge in [0.15, 0.2) is 0 Å². The minimum absolute atomic E-state index is 0.00515. The number of rotatable bonds is 12. The van der Waals surface area contributed by atoms with E-state index in [1.807, 2.05) is 20.8 Å². The number of nitrogens with zero attached hydrogens (tertiary/aromatic N) is 2. The van der Waals surface area contributed by atoms with Crippen molar-refractivity contribution >= 4 is 5.84 Å². The summed E-state index contributed by atoms with van der Waals surface area (Å²) in [5.74, 6) is 0.676. The summed E-state index contributed by atoms with van der Waals surface area (Å²) in [4.78, 5) is 4.26. The van der Waals surface area contributed by atoms with Gasteiger partial charge in [-0.2, -0.15) is 31.3 Å². The number of benzene rings is 2. The van der Waals surface area contributed by atoms with Crippen LogP contribution in [0, 0.1) is 11.3 Å². The van der Waals surface area contributed by atoms with Crippen LogP contribution >= 0.6 is 0 Å². The van der Waals surface area contributed by atoms with E-state index in [1.165, 1.54) is 24.3 Å². The lowest BCUT2D eigenvalue weighted by Gasteiger charge is -2.15. The summed E-state index contributed by atoms with van der Waals surface area (Å²) in [6, 6.07) is 8.23. The number of alkyl halides is 6. The number of aryl methyl sites for hydroxylation is 1. The van der Waals surface area contributed by atoms with Crippen LogP contribution in [0.5, 0.6) is 5.75 Å². The van der Waals surface area contributed by atoms with Crippen molar-refractivity contribution in [3.05, 3.63) is 65.0 Å². The Morgan fingerprint density at radius 2 is 1.64 bits per heavy atom. The molecule has 12 heteroatoms. The van der Waals surface area contributed by atoms with Crippen molar-refractivity contribution in [2.45, 2.75) is 84.5 Å². The van der Waals surface area contributed by atoms with E-state index in [-0.39, 0.29) is 35.6 Å². The quantitative estimate of drug-likeness (QED) is 0.0935. The Bertz CT molecular complexity index is 1260. The molecule has 0 saturated carbocycles. The Kier molecular flexibility index (Phi) is 12.9. The molecule has 1 aromatic heterocycles. The fourth-order valence-electron chi connectivity index (χ4n) is 3.74. The minimum atomic E-state index is -4.67. The molecule has 0 aliphatic heterocycles. The number of nitrogens with two attached hydrogens (primary N) is 1. The maximum absolute atomic E-state index is 13.7. The van der Waals surface area contributed by atoms with E-state index >= 15 is 0 Å². The van der Waals surface area contributed by atoms with Gasteiger partial charge in [0.25, 0.3) is 0 Å². The Labute approximate surface area is 242 Å². The summed E-state index contributed by atoms with van der Waals surface area (Å²) in [6.45, 7) is 7.91. The lowest BCUT2D eigenvalue weighted by atomic mass is 10.0. The molecule has 6 nitrogen and oxygen atoms in total. The predicted molar refractivity (Wildman–Crippen MR) is 149 cm³/mol. The monoisotopic (exact) mass is 600 g/mol. The molecular weight excluding hydrogens is 562 g/mol. The van der Waals surface area contributed by atoms with Crippen LogP contribution < -0.4 is 10.5 Å². The molecule has 0 aliphatic carbocycles. The molecule has 0 radical (unpaired) electrons. The second kappa shape index (κ2) is 15.6. The number of nitrogens with one attached hydrogen (secondary N) is 1. The smallest absolute Gasteiger partial charge is 0.419 e. The first kappa shape index (κ1) is 34.6. The second-order valence-electron chi connectivity index (χ2n) is 10.1. The first-order chi connectivity index (χ1) is 19.7. The third-order valence-corrected chi connectivity index (χ3v) is 6.69. The van der Waals surface area contributed by atoms with Gasteiger partial charge in [0.05, 0.1) is 23.6 Å². The molecule has 0 fully saturated rings. The second-order valence-corrected chi connectivity index (χ2v) is 10.1. The molecule has 0 spiro atoms. The fraction of sp³-hybridized carbons (Fsp3) is 0.500. The number of hydrogen-bond donors (Lipinski definition) is 2. The van der Waals surface area contributed by atoms with Crippen molar-refractivity contribution in [1.82, 2.24) is 10.1 Å². The van der Waals surface area contributed by atoms with Gasteiger partial charge in [-0.3, -0.25) is 5.41 Å². The molecule has 3 aromatic rings. The average Bonchev–Trinajstić information content (AvgIpc) is 3.44. The number of ether oxygens (including phenoxy) is 1. The maximum Gasteiger partial charge on any atom is 0.419 e. The van der Waals surface area contributed by atoms with Crippen LogP contribution in [0.15, 0.2) is 47.0 Å². The highest BCUT2D eigenvalue weighted by molar-refractivity contribution is 5.79. The minimum Gasteiger partial charge on any atom is -0.493 e. The Hall–Kier alpha value is -3.57. The van der Waals surface area contributed by atoms with Crippen LogP contribution in [0.4, 0.5) is 26.3 Å². The highest BCUT2D eigenvalue weighted by Gasteiger charge is 2.35. The van der Waals surface area contributed by atoms with Gasteiger partial charge in [-0.25, -0.2) is 0 Å². The van der Waals surface area contributed by atoms with Gasteiger partial charge < -0.3 is 15.0 Å². The average molecular weight is 601 g/mol. The fourth-order valence-corrected chi connectivity index (χ4v) is 3.74. The lowest BCUT2D eigenvalue weighted by molar-refractivity contribution is -0.139. The molecule has 2 aromatic carbocycles. The summed E-state index contributed by atoms with van der Waals surface area (Å²) in [7, 11) is 0. The molecule has 0 bridgehead atoms. The number of amidine groups is 1. The number of hydrogen-bond acceptors (Lipinski definition) is 5. The SMILES string of the molecule is CCC(C)C(=N)N.CCCCC(C)c1nc(-c2ccc(OCCCc3ccc(C(F)(F)F)cc3)c(C(F)(F)F)c2)no1. The van der Waals surface area contributed by atoms with Gasteiger partial charge in [-0.15, -0.1) is 0 Å². The van der Waals surface area contributed by atoms with Gasteiger partial charge in [0.1, 0.15) is 5.75 Å². The molecule has 2 atom stereocenters. The Morgan fingerprint density at radius 1 is 0.976 bits per heavy atom. The molecule has 42 heavy (non-hydrogen) atoms. The predicted octanol–water partition coefficient (Wildman–Crippen LogP) is 9.05. The van der Waals surface area contributed by atoms with E-state index in [4.69, 9.17) is 20.4 Å². The van der Waals surface area contributed by atoms with Crippen LogP contribution in [-0.2, 0) is 18.8 Å². The summed E-state index contributed by atoms with van der Waals surface area (Å²) >= 11 is 0. The zero-order valence-corrected chi connectivity index (χ0v) is 24.2. The van der Waals surface area contributed by atoms with Crippen LogP contribution in [-0.4, -0.2) is 22.6 Å². The highest BCUT2D eigenvalue weighted by Crippen LogP contribution is 2.39. The summed E-state index contributed by atoms with van der Waals surface area (Å²) in [6.07, 6.45) is -4.61. The van der Waals surface area contributed by atoms with E-state index < -0.39 is 23.5 Å². The molecule has 1 heterocycles. The van der Waals surface area contributed by atoms with Crippen LogP contribution in [0.2, 0.25) is 0 Å². The Morgan fingerprint density at radius 3 is 2.17 bits per heavy atom. The molecule has 232 valence electrons. The van der Waals surface area contributed by atoms with Crippen LogP contribution in [0.1, 0.15) is 88.3 Å². The van der Waals surface area contributed by atoms with Crippen molar-refractivity contribution in [1.29, 1.82) is 5.41 Å². The van der Waals surface area contributed by atoms with Gasteiger partial charge >= 0.3 is 12.4 Å². The molecule has 2 unspecified atom stereocenters. The molecule has 3 rings (SSSR count). The summed E-state index contributed by atoms with van der Waals surface area (Å²) < 4.78 is 89.6. The molecule has 3 N–H and O–H groups in total. The normalized spacial score (nSPS) is 13.2.